The van der Waals surface area contributed by atoms with Gasteiger partial charge in [0.1, 0.15) is 32.3 Å². The van der Waals surface area contributed by atoms with E-state index in [0.29, 0.717) is 11.1 Å². The summed E-state index contributed by atoms with van der Waals surface area (Å²) in [6.45, 7) is 15.5. The Morgan fingerprint density at radius 2 is 1.27 bits per heavy atom. The molecule has 0 aliphatic carbocycles. The summed E-state index contributed by atoms with van der Waals surface area (Å²) in [6.07, 6.45) is 18.1. The number of carboxylic acids is 1. The average Bonchev–Trinajstić information content (AvgIpc) is 3.71. The summed E-state index contributed by atoms with van der Waals surface area (Å²) in [6, 6.07) is 13.2. The molecule has 0 unspecified atom stereocenters. The van der Waals surface area contributed by atoms with Crippen LogP contribution in [0, 0.1) is 29.1 Å². The van der Waals surface area contributed by atoms with Gasteiger partial charge in [-0.25, -0.2) is 26.4 Å². The Hall–Kier alpha value is -4.34. The molecular formula is C53H59KN6O8S2. The van der Waals surface area contributed by atoms with Crippen LogP contribution in [0.5, 0.6) is 0 Å². The van der Waals surface area contributed by atoms with Gasteiger partial charge in [0.05, 0.1) is 39.1 Å². The van der Waals surface area contributed by atoms with Crippen molar-refractivity contribution in [3.63, 3.8) is 0 Å². The zero-order valence-corrected chi connectivity index (χ0v) is 45.6. The molecule has 2 aromatic carbocycles. The van der Waals surface area contributed by atoms with Gasteiger partial charge in [-0.2, -0.15) is 0 Å². The zero-order chi connectivity index (χ0) is 49.6. The van der Waals surface area contributed by atoms with Gasteiger partial charge in [0, 0.05) is 73.0 Å². The monoisotopic (exact) mass is 1010 g/mol. The number of nitrogens with zero attached hydrogens (tertiary/aromatic N) is 6. The van der Waals surface area contributed by atoms with E-state index in [0.717, 1.165) is 130 Å². The number of allylic oxidation sites excluding steroid dienone is 6. The molecule has 14 nitrogen and oxygen atoms in total. The number of carbonyl (C=O) groups is 1. The Morgan fingerprint density at radius 1 is 0.743 bits per heavy atom. The van der Waals surface area contributed by atoms with Crippen molar-refractivity contribution < 1.29 is 91.8 Å². The van der Waals surface area contributed by atoms with Gasteiger partial charge in [0.2, 0.25) is 0 Å². The van der Waals surface area contributed by atoms with Gasteiger partial charge < -0.3 is 28.9 Å². The van der Waals surface area contributed by atoms with Crippen LogP contribution in [0.4, 0.5) is 5.82 Å². The molecule has 0 saturated carbocycles. The molecule has 1 N–H and O–H groups in total. The van der Waals surface area contributed by atoms with E-state index < -0.39 is 37.0 Å². The van der Waals surface area contributed by atoms with Crippen LogP contribution >= 0.6 is 0 Å². The van der Waals surface area contributed by atoms with E-state index in [4.69, 9.17) is 15.1 Å². The first-order valence-corrected chi connectivity index (χ1v) is 26.1. The molecule has 17 heteroatoms. The van der Waals surface area contributed by atoms with E-state index in [2.05, 4.69) is 72.2 Å². The van der Waals surface area contributed by atoms with Crippen LogP contribution in [-0.4, -0.2) is 109 Å². The Kier molecular flexibility index (Phi) is 18.4. The van der Waals surface area contributed by atoms with Crippen molar-refractivity contribution in [2.45, 2.75) is 87.8 Å². The van der Waals surface area contributed by atoms with Gasteiger partial charge in [0.15, 0.2) is 5.71 Å². The summed E-state index contributed by atoms with van der Waals surface area (Å²) < 4.78 is 70.5. The number of aliphatic carboxylic acids is 1. The molecule has 4 aliphatic rings. The van der Waals surface area contributed by atoms with Crippen LogP contribution in [0.1, 0.15) is 94.9 Å². The minimum Gasteiger partial charge on any atom is -0.744 e. The van der Waals surface area contributed by atoms with Crippen LogP contribution in [0.25, 0.3) is 0 Å². The number of piperazine rings is 1. The number of hydrogen-bond donors (Lipinski definition) is 1. The van der Waals surface area contributed by atoms with Crippen LogP contribution < -0.4 is 56.0 Å². The van der Waals surface area contributed by atoms with Crippen molar-refractivity contribution >= 4 is 43.6 Å². The van der Waals surface area contributed by atoms with E-state index in [-0.39, 0.29) is 67.6 Å². The number of unbranched alkanes of at least 4 members (excludes halogenated alkanes) is 4. The van der Waals surface area contributed by atoms with Crippen LogP contribution in [0.15, 0.2) is 128 Å². The van der Waals surface area contributed by atoms with Crippen molar-refractivity contribution in [2.75, 3.05) is 45.8 Å². The van der Waals surface area contributed by atoms with E-state index in [1.807, 2.05) is 48.3 Å². The summed E-state index contributed by atoms with van der Waals surface area (Å²) in [5.41, 5.74) is 5.61. The predicted molar refractivity (Wildman–Crippen MR) is 264 cm³/mol. The minimum atomic E-state index is -4.57. The number of aliphatic imine (C=N–C) groups is 2. The molecule has 0 bridgehead atoms. The molecular weight excluding hydrogens is 952 g/mol. The molecule has 3 aromatic rings. The second-order valence-corrected chi connectivity index (χ2v) is 21.7. The first-order chi connectivity index (χ1) is 32.7. The summed E-state index contributed by atoms with van der Waals surface area (Å²) >= 11 is 0. The molecule has 0 radical (unpaired) electrons. The van der Waals surface area contributed by atoms with Crippen molar-refractivity contribution in [3.8, 4) is 23.7 Å². The second-order valence-electron chi connectivity index (χ2n) is 18.9. The fourth-order valence-corrected chi connectivity index (χ4v) is 9.81. The van der Waals surface area contributed by atoms with Gasteiger partial charge in [-0.3, -0.25) is 4.79 Å². The predicted octanol–water partition coefficient (Wildman–Crippen LogP) is 3.58. The Morgan fingerprint density at radius 3 is 1.83 bits per heavy atom. The minimum absolute atomic E-state index is 0. The standard InChI is InChI=1S/C53H60N6O8S2.K/c1-52(2)45-35-41(18-16-39-20-24-43(25-21-39)68(62,63)64)37-56(5)50(45)54-47(52)13-12-14-48-53(3,4)46-36-42(19-17-40-22-26-44(27-23-40)69(65,66)67)38-59(51(46)55-48)30-11-7-10-29-58-33-31-57(32-34-58)28-9-6-8-15-49(60)61;/h12-14,20-27,35-38H,6-11,15,28-34H2,1-5H3,(H2-,60,61,62,63,64,65,66,67);/q;+1/p-1. The molecule has 0 amide bonds. The number of aromatic nitrogens is 1. The topological polar surface area (TPSA) is 190 Å². The van der Waals surface area contributed by atoms with Gasteiger partial charge in [-0.15, -0.1) is 0 Å². The van der Waals surface area contributed by atoms with Gasteiger partial charge in [-0.05, 0) is 130 Å². The normalized spacial score (nSPS) is 18.1. The first-order valence-electron chi connectivity index (χ1n) is 23.3. The Bertz CT molecular complexity index is 3020. The number of fused-ring (bicyclic) bond motifs is 2. The average molecular weight is 1010 g/mol. The largest absolute Gasteiger partial charge is 1.00 e. The molecule has 7 rings (SSSR count). The van der Waals surface area contributed by atoms with Gasteiger partial charge in [-0.1, -0.05) is 56.4 Å². The number of benzene rings is 2. The third kappa shape index (κ3) is 14.0. The molecule has 0 atom stereocenters. The first kappa shape index (κ1) is 55.0. The number of hydrogen-bond acceptors (Lipinski definition) is 12. The number of carboxylic acid groups (broad SMARTS) is 1. The fraction of sp³-hybridized carbons (Fsp3) is 0.396. The Labute approximate surface area is 456 Å². The SMILES string of the molecule is C[n+]1cc(C#Cc2ccc(S(=O)(=O)[O-])cc2)cc2c1N=C(/C=C/C=C1\N=C3C(=CC(C#Cc4ccc(S(=O)(=O)[O-])cc4)=CN3CCCCCN3CCN(CCCCCC(=O)O)CC3)C1(C)C)C2(C)C.[K+]. The maximum atomic E-state index is 11.5. The maximum absolute atomic E-state index is 11.5. The molecule has 0 spiro atoms. The van der Waals surface area contributed by atoms with Crippen molar-refractivity contribution in [2.24, 2.45) is 22.4 Å². The summed E-state index contributed by atoms with van der Waals surface area (Å²) in [4.78, 5) is 27.7. The molecule has 5 heterocycles. The van der Waals surface area contributed by atoms with E-state index in [1.165, 1.54) is 48.5 Å². The molecule has 362 valence electrons. The Balaban J connectivity index is 0.00000804. The number of aryl methyl sites for hydroxylation is 1. The smallest absolute Gasteiger partial charge is 0.744 e. The van der Waals surface area contributed by atoms with E-state index >= 15 is 0 Å². The molecule has 1 saturated heterocycles. The van der Waals surface area contributed by atoms with E-state index in [9.17, 15) is 30.7 Å². The third-order valence-corrected chi connectivity index (χ3v) is 14.8. The molecule has 70 heavy (non-hydrogen) atoms. The fourth-order valence-electron chi connectivity index (χ4n) is 8.87. The van der Waals surface area contributed by atoms with Crippen LogP contribution in [0.3, 0.4) is 0 Å². The number of pyridine rings is 1. The van der Waals surface area contributed by atoms with Crippen molar-refractivity contribution in [3.05, 3.63) is 130 Å². The zero-order valence-electron chi connectivity index (χ0n) is 40.9. The van der Waals surface area contributed by atoms with Crippen LogP contribution in [-0.2, 0) is 37.5 Å². The van der Waals surface area contributed by atoms with E-state index in [1.54, 1.807) is 0 Å². The molecule has 1 fully saturated rings. The maximum Gasteiger partial charge on any atom is 1.00 e. The van der Waals surface area contributed by atoms with Crippen molar-refractivity contribution in [1.29, 1.82) is 0 Å². The molecule has 4 aliphatic heterocycles. The van der Waals surface area contributed by atoms with Gasteiger partial charge in [0.25, 0.3) is 0 Å². The molecule has 1 aromatic heterocycles. The quantitative estimate of drug-likeness (QED) is 0.0727. The number of amidine groups is 1. The summed E-state index contributed by atoms with van der Waals surface area (Å²) in [5, 5.41) is 8.88. The van der Waals surface area contributed by atoms with Crippen molar-refractivity contribution in [1.82, 2.24) is 14.7 Å². The third-order valence-electron chi connectivity index (χ3n) is 13.1. The number of rotatable bonds is 16. The van der Waals surface area contributed by atoms with Crippen LogP contribution in [0.2, 0.25) is 0 Å². The second kappa shape index (κ2) is 23.5. The van der Waals surface area contributed by atoms with Gasteiger partial charge >= 0.3 is 63.2 Å². The summed E-state index contributed by atoms with van der Waals surface area (Å²) in [7, 11) is -7.18. The summed E-state index contributed by atoms with van der Waals surface area (Å²) in [5.74, 6) is 13.6.